The Kier molecular flexibility index (Phi) is 5.51. The zero-order chi connectivity index (χ0) is 20.4. The van der Waals surface area contributed by atoms with Gasteiger partial charge in [-0.25, -0.2) is 0 Å². The van der Waals surface area contributed by atoms with Crippen LogP contribution in [0.5, 0.6) is 0 Å². The molecule has 0 fully saturated rings. The van der Waals surface area contributed by atoms with Crippen LogP contribution >= 0.6 is 11.6 Å². The van der Waals surface area contributed by atoms with Crippen LogP contribution < -0.4 is 5.73 Å². The summed E-state index contributed by atoms with van der Waals surface area (Å²) in [5.74, 6) is -3.10. The first-order chi connectivity index (χ1) is 13.3. The van der Waals surface area contributed by atoms with E-state index in [0.717, 1.165) is 16.8 Å². The van der Waals surface area contributed by atoms with Crippen LogP contribution in [0.3, 0.4) is 0 Å². The fraction of sp³-hybridized carbons (Fsp3) is 0.190. The van der Waals surface area contributed by atoms with Gasteiger partial charge in [-0.15, -0.1) is 0 Å². The second kappa shape index (κ2) is 7.86. The average molecular weight is 399 g/mol. The Hall–Kier alpha value is -3.12. The summed E-state index contributed by atoms with van der Waals surface area (Å²) < 4.78 is 1.98. The minimum Gasteiger partial charge on any atom is -0.480 e. The SMILES string of the molecule is Cc1c(CC(N)=O)c2c(C(C=O)C(=O)O)cccc2n1Cc1cccc(Cl)c1. The lowest BCUT2D eigenvalue weighted by atomic mass is 9.93. The maximum atomic E-state index is 11.7. The number of carboxylic acid groups (broad SMARTS) is 1. The number of hydrogen-bond donors (Lipinski definition) is 2. The molecule has 2 aromatic carbocycles. The van der Waals surface area contributed by atoms with E-state index in [9.17, 15) is 19.5 Å². The van der Waals surface area contributed by atoms with Crippen molar-refractivity contribution in [2.24, 2.45) is 5.73 Å². The van der Waals surface area contributed by atoms with E-state index in [0.29, 0.717) is 34.4 Å². The monoisotopic (exact) mass is 398 g/mol. The molecule has 1 atom stereocenters. The van der Waals surface area contributed by atoms with Gasteiger partial charge in [0, 0.05) is 28.2 Å². The normalized spacial score (nSPS) is 12.1. The maximum absolute atomic E-state index is 11.7. The number of nitrogens with two attached hydrogens (primary N) is 1. The molecule has 0 saturated carbocycles. The lowest BCUT2D eigenvalue weighted by Crippen LogP contribution is -2.16. The summed E-state index contributed by atoms with van der Waals surface area (Å²) in [5.41, 5.74) is 8.89. The van der Waals surface area contributed by atoms with Crippen molar-refractivity contribution in [1.82, 2.24) is 4.57 Å². The molecule has 144 valence electrons. The van der Waals surface area contributed by atoms with Gasteiger partial charge in [-0.05, 0) is 41.8 Å². The van der Waals surface area contributed by atoms with Crippen molar-refractivity contribution in [2.45, 2.75) is 25.8 Å². The molecule has 1 amide bonds. The Labute approximate surface area is 166 Å². The van der Waals surface area contributed by atoms with Crippen molar-refractivity contribution in [3.8, 4) is 0 Å². The number of primary amides is 1. The Bertz CT molecular complexity index is 1090. The van der Waals surface area contributed by atoms with Crippen LogP contribution in [0.2, 0.25) is 5.02 Å². The van der Waals surface area contributed by atoms with E-state index in [1.54, 1.807) is 18.2 Å². The predicted molar refractivity (Wildman–Crippen MR) is 107 cm³/mol. The molecule has 1 unspecified atom stereocenters. The molecule has 0 radical (unpaired) electrons. The highest BCUT2D eigenvalue weighted by Gasteiger charge is 2.26. The van der Waals surface area contributed by atoms with Crippen LogP contribution in [0.1, 0.15) is 28.3 Å². The summed E-state index contributed by atoms with van der Waals surface area (Å²) >= 11 is 6.09. The first kappa shape index (κ1) is 19.6. The Morgan fingerprint density at radius 1 is 1.25 bits per heavy atom. The van der Waals surface area contributed by atoms with Gasteiger partial charge in [0.1, 0.15) is 12.2 Å². The molecule has 3 N–H and O–H groups in total. The van der Waals surface area contributed by atoms with E-state index in [4.69, 9.17) is 17.3 Å². The Balaban J connectivity index is 2.28. The standard InChI is InChI=1S/C21H19ClN2O4/c1-12-16(9-19(23)26)20-15(17(11-25)21(27)28)6-3-7-18(20)24(12)10-13-4-2-5-14(22)8-13/h2-8,11,17H,9-10H2,1H3,(H2,23,26)(H,27,28). The van der Waals surface area contributed by atoms with E-state index < -0.39 is 17.8 Å². The molecule has 3 rings (SSSR count). The number of aliphatic carboxylic acids is 1. The van der Waals surface area contributed by atoms with Gasteiger partial charge in [0.2, 0.25) is 5.91 Å². The van der Waals surface area contributed by atoms with Crippen molar-refractivity contribution in [1.29, 1.82) is 0 Å². The first-order valence-corrected chi connectivity index (χ1v) is 9.02. The maximum Gasteiger partial charge on any atom is 0.318 e. The number of carboxylic acids is 1. The lowest BCUT2D eigenvalue weighted by molar-refractivity contribution is -0.140. The summed E-state index contributed by atoms with van der Waals surface area (Å²) in [6.45, 7) is 2.33. The van der Waals surface area contributed by atoms with Gasteiger partial charge >= 0.3 is 5.97 Å². The number of rotatable bonds is 7. The van der Waals surface area contributed by atoms with Crippen LogP contribution in [-0.4, -0.2) is 27.8 Å². The average Bonchev–Trinajstić information content (AvgIpc) is 2.88. The van der Waals surface area contributed by atoms with E-state index in [-0.39, 0.29) is 6.42 Å². The highest BCUT2D eigenvalue weighted by molar-refractivity contribution is 6.30. The fourth-order valence-electron chi connectivity index (χ4n) is 3.57. The summed E-state index contributed by atoms with van der Waals surface area (Å²) in [7, 11) is 0. The highest BCUT2D eigenvalue weighted by Crippen LogP contribution is 2.33. The molecule has 28 heavy (non-hydrogen) atoms. The third-order valence-corrected chi connectivity index (χ3v) is 5.06. The van der Waals surface area contributed by atoms with Gasteiger partial charge in [-0.2, -0.15) is 0 Å². The van der Waals surface area contributed by atoms with E-state index in [1.807, 2.05) is 35.8 Å². The summed E-state index contributed by atoms with van der Waals surface area (Å²) in [6.07, 6.45) is 0.349. The first-order valence-electron chi connectivity index (χ1n) is 8.65. The molecule has 6 nitrogen and oxygen atoms in total. The minimum atomic E-state index is -1.32. The number of benzene rings is 2. The third kappa shape index (κ3) is 3.64. The number of amides is 1. The van der Waals surface area contributed by atoms with E-state index in [1.165, 1.54) is 0 Å². The number of carbonyl (C=O) groups is 3. The molecule has 7 heteroatoms. The number of aldehydes is 1. The molecular weight excluding hydrogens is 380 g/mol. The van der Waals surface area contributed by atoms with Crippen LogP contribution in [0.15, 0.2) is 42.5 Å². The quantitative estimate of drug-likeness (QED) is 0.471. The number of hydrogen-bond acceptors (Lipinski definition) is 3. The number of aromatic nitrogens is 1. The summed E-state index contributed by atoms with van der Waals surface area (Å²) in [5, 5.41) is 10.6. The zero-order valence-electron chi connectivity index (χ0n) is 15.2. The molecular formula is C21H19ClN2O4. The molecule has 0 aliphatic carbocycles. The van der Waals surface area contributed by atoms with Crippen LogP contribution in [-0.2, 0) is 27.3 Å². The third-order valence-electron chi connectivity index (χ3n) is 4.83. The van der Waals surface area contributed by atoms with Crippen molar-refractivity contribution in [3.63, 3.8) is 0 Å². The van der Waals surface area contributed by atoms with E-state index in [2.05, 4.69) is 0 Å². The van der Waals surface area contributed by atoms with Crippen molar-refractivity contribution in [3.05, 3.63) is 69.9 Å². The summed E-state index contributed by atoms with van der Waals surface area (Å²) in [4.78, 5) is 34.7. The van der Waals surface area contributed by atoms with Crippen LogP contribution in [0.4, 0.5) is 0 Å². The largest absolute Gasteiger partial charge is 0.480 e. The van der Waals surface area contributed by atoms with Gasteiger partial charge in [-0.3, -0.25) is 9.59 Å². The smallest absolute Gasteiger partial charge is 0.318 e. The number of halogens is 1. The molecule has 0 spiro atoms. The van der Waals surface area contributed by atoms with Gasteiger partial charge in [0.15, 0.2) is 0 Å². The fourth-order valence-corrected chi connectivity index (χ4v) is 3.78. The summed E-state index contributed by atoms with van der Waals surface area (Å²) in [6, 6.07) is 12.5. The molecule has 1 heterocycles. The molecule has 0 bridgehead atoms. The van der Waals surface area contributed by atoms with Crippen LogP contribution in [0, 0.1) is 6.92 Å². The molecule has 0 saturated heterocycles. The second-order valence-electron chi connectivity index (χ2n) is 6.62. The Morgan fingerprint density at radius 3 is 2.57 bits per heavy atom. The van der Waals surface area contributed by atoms with Crippen LogP contribution in [0.25, 0.3) is 10.9 Å². The highest BCUT2D eigenvalue weighted by atomic mass is 35.5. The lowest BCUT2D eigenvalue weighted by Gasteiger charge is -2.11. The van der Waals surface area contributed by atoms with Crippen molar-refractivity contribution in [2.75, 3.05) is 0 Å². The minimum absolute atomic E-state index is 0.0485. The van der Waals surface area contributed by atoms with Gasteiger partial charge in [0.05, 0.1) is 6.42 Å². The van der Waals surface area contributed by atoms with Gasteiger partial charge in [-0.1, -0.05) is 35.9 Å². The van der Waals surface area contributed by atoms with Crippen molar-refractivity contribution >= 4 is 40.7 Å². The molecule has 0 aliphatic heterocycles. The van der Waals surface area contributed by atoms with Gasteiger partial charge in [0.25, 0.3) is 0 Å². The topological polar surface area (TPSA) is 102 Å². The van der Waals surface area contributed by atoms with E-state index >= 15 is 0 Å². The molecule has 1 aromatic heterocycles. The molecule has 3 aromatic rings. The number of fused-ring (bicyclic) bond motifs is 1. The number of carbonyl (C=O) groups excluding carboxylic acids is 2. The van der Waals surface area contributed by atoms with Gasteiger partial charge < -0.3 is 20.2 Å². The van der Waals surface area contributed by atoms with Crippen molar-refractivity contribution < 1.29 is 19.5 Å². The number of nitrogens with zero attached hydrogens (tertiary/aromatic N) is 1. The second-order valence-corrected chi connectivity index (χ2v) is 7.05. The predicted octanol–water partition coefficient (Wildman–Crippen LogP) is 3.05. The zero-order valence-corrected chi connectivity index (χ0v) is 15.9. The Morgan fingerprint density at radius 2 is 1.96 bits per heavy atom. The molecule has 0 aliphatic rings.